The van der Waals surface area contributed by atoms with E-state index in [2.05, 4.69) is 6.92 Å². The number of carbonyl (C=O) groups excluding carboxylic acids is 1. The second-order valence-corrected chi connectivity index (χ2v) is 8.18. The molecule has 0 aliphatic carbocycles. The molecule has 6 nitrogen and oxygen atoms in total. The van der Waals surface area contributed by atoms with E-state index in [1.807, 2.05) is 19.1 Å². The van der Waals surface area contributed by atoms with Gasteiger partial charge in [-0.1, -0.05) is 44.4 Å². The molecular formula is C26H32FN3O3. The molecule has 1 atom stereocenters. The number of halogens is 1. The molecule has 0 spiro atoms. The van der Waals surface area contributed by atoms with Crippen LogP contribution in [0.1, 0.15) is 61.8 Å². The lowest BCUT2D eigenvalue weighted by Gasteiger charge is -2.31. The molecule has 0 radical (unpaired) electrons. The number of nitrogens with zero attached hydrogens (tertiary/aromatic N) is 3. The summed E-state index contributed by atoms with van der Waals surface area (Å²) in [4.78, 5) is 33.2. The van der Waals surface area contributed by atoms with Crippen LogP contribution >= 0.6 is 0 Å². The SMILES string of the molecule is CCCCCCN(C(=O)c1cccc(F)c1)C(C)c1nc2ccccc2c(=O)n1CCOC. The van der Waals surface area contributed by atoms with Crippen molar-refractivity contribution in [3.63, 3.8) is 0 Å². The van der Waals surface area contributed by atoms with Crippen LogP contribution in [0.15, 0.2) is 53.3 Å². The van der Waals surface area contributed by atoms with Gasteiger partial charge in [-0.15, -0.1) is 0 Å². The van der Waals surface area contributed by atoms with Gasteiger partial charge >= 0.3 is 0 Å². The second-order valence-electron chi connectivity index (χ2n) is 8.18. The van der Waals surface area contributed by atoms with Crippen LogP contribution in [0.4, 0.5) is 4.39 Å². The first-order valence-corrected chi connectivity index (χ1v) is 11.5. The van der Waals surface area contributed by atoms with Gasteiger partial charge in [0.2, 0.25) is 0 Å². The zero-order valence-corrected chi connectivity index (χ0v) is 19.6. The van der Waals surface area contributed by atoms with Crippen molar-refractivity contribution in [3.05, 3.63) is 76.1 Å². The van der Waals surface area contributed by atoms with E-state index >= 15 is 0 Å². The lowest BCUT2D eigenvalue weighted by Crippen LogP contribution is -2.39. The van der Waals surface area contributed by atoms with Gasteiger partial charge in [-0.3, -0.25) is 14.2 Å². The molecule has 1 amide bonds. The molecule has 0 fully saturated rings. The molecule has 0 bridgehead atoms. The fourth-order valence-electron chi connectivity index (χ4n) is 4.01. The number of carbonyl (C=O) groups is 1. The molecule has 1 aromatic heterocycles. The molecule has 1 unspecified atom stereocenters. The maximum Gasteiger partial charge on any atom is 0.261 e. The summed E-state index contributed by atoms with van der Waals surface area (Å²) in [7, 11) is 1.58. The Kier molecular flexibility index (Phi) is 8.72. The van der Waals surface area contributed by atoms with E-state index in [1.165, 1.54) is 18.2 Å². The average molecular weight is 454 g/mol. The van der Waals surface area contributed by atoms with Crippen LogP contribution in [-0.4, -0.2) is 40.6 Å². The van der Waals surface area contributed by atoms with Gasteiger partial charge in [0.05, 0.1) is 30.1 Å². The van der Waals surface area contributed by atoms with Crippen molar-refractivity contribution in [1.82, 2.24) is 14.5 Å². The quantitative estimate of drug-likeness (QED) is 0.385. The van der Waals surface area contributed by atoms with Crippen molar-refractivity contribution < 1.29 is 13.9 Å². The average Bonchev–Trinajstić information content (AvgIpc) is 2.82. The van der Waals surface area contributed by atoms with E-state index in [1.54, 1.807) is 34.8 Å². The highest BCUT2D eigenvalue weighted by Gasteiger charge is 2.27. The summed E-state index contributed by atoms with van der Waals surface area (Å²) in [5.41, 5.74) is 0.703. The Morgan fingerprint density at radius 3 is 2.67 bits per heavy atom. The molecule has 0 saturated heterocycles. The summed E-state index contributed by atoms with van der Waals surface area (Å²) in [6.07, 6.45) is 3.95. The Hall–Kier alpha value is -3.06. The van der Waals surface area contributed by atoms with Gasteiger partial charge in [-0.05, 0) is 43.7 Å². The summed E-state index contributed by atoms with van der Waals surface area (Å²) in [5.74, 6) is -0.240. The smallest absolute Gasteiger partial charge is 0.261 e. The monoisotopic (exact) mass is 453 g/mol. The fourth-order valence-corrected chi connectivity index (χ4v) is 4.01. The molecule has 7 heteroatoms. The minimum Gasteiger partial charge on any atom is -0.383 e. The number of aromatic nitrogens is 2. The van der Waals surface area contributed by atoms with Crippen molar-refractivity contribution in [2.75, 3.05) is 20.3 Å². The molecule has 0 aliphatic rings. The summed E-state index contributed by atoms with van der Waals surface area (Å²) in [6, 6.07) is 12.4. The Morgan fingerprint density at radius 1 is 1.15 bits per heavy atom. The fraction of sp³-hybridized carbons (Fsp3) is 0.423. The third-order valence-corrected chi connectivity index (χ3v) is 5.84. The number of amides is 1. The Bertz CT molecular complexity index is 1150. The van der Waals surface area contributed by atoms with Crippen LogP contribution < -0.4 is 5.56 Å². The predicted octanol–water partition coefficient (Wildman–Crippen LogP) is 4.97. The largest absolute Gasteiger partial charge is 0.383 e. The Labute approximate surface area is 194 Å². The van der Waals surface area contributed by atoms with Gasteiger partial charge in [-0.25, -0.2) is 9.37 Å². The van der Waals surface area contributed by atoms with Crippen LogP contribution in [0.3, 0.4) is 0 Å². The van der Waals surface area contributed by atoms with Crippen molar-refractivity contribution in [2.24, 2.45) is 0 Å². The minimum absolute atomic E-state index is 0.163. The van der Waals surface area contributed by atoms with Gasteiger partial charge in [-0.2, -0.15) is 0 Å². The number of para-hydroxylation sites is 1. The number of methoxy groups -OCH3 is 1. The first-order valence-electron chi connectivity index (χ1n) is 11.5. The first kappa shape index (κ1) is 24.6. The number of ether oxygens (including phenoxy) is 1. The molecule has 33 heavy (non-hydrogen) atoms. The summed E-state index contributed by atoms with van der Waals surface area (Å²) >= 11 is 0. The minimum atomic E-state index is -0.489. The number of unbranched alkanes of at least 4 members (excludes halogenated alkanes) is 3. The van der Waals surface area contributed by atoms with Crippen molar-refractivity contribution >= 4 is 16.8 Å². The molecule has 2 aromatic carbocycles. The standard InChI is InChI=1S/C26H32FN3O3/c1-4-5-6-9-15-29(25(31)20-11-10-12-21(27)18-20)19(2)24-28-23-14-8-7-13-22(23)26(32)30(24)16-17-33-3/h7-8,10-14,18-19H,4-6,9,15-17H2,1-3H3. The number of hydrogen-bond donors (Lipinski definition) is 0. The Balaban J connectivity index is 2.06. The predicted molar refractivity (Wildman–Crippen MR) is 128 cm³/mol. The van der Waals surface area contributed by atoms with Crippen LogP contribution in [0.2, 0.25) is 0 Å². The number of hydrogen-bond acceptors (Lipinski definition) is 4. The van der Waals surface area contributed by atoms with E-state index in [-0.39, 0.29) is 17.0 Å². The van der Waals surface area contributed by atoms with E-state index in [4.69, 9.17) is 9.72 Å². The van der Waals surface area contributed by atoms with E-state index in [9.17, 15) is 14.0 Å². The zero-order valence-electron chi connectivity index (χ0n) is 19.6. The molecular weight excluding hydrogens is 421 g/mol. The normalized spacial score (nSPS) is 12.1. The lowest BCUT2D eigenvalue weighted by molar-refractivity contribution is 0.0672. The van der Waals surface area contributed by atoms with Crippen molar-refractivity contribution in [3.8, 4) is 0 Å². The highest BCUT2D eigenvalue weighted by atomic mass is 19.1. The highest BCUT2D eigenvalue weighted by molar-refractivity contribution is 5.94. The highest BCUT2D eigenvalue weighted by Crippen LogP contribution is 2.23. The van der Waals surface area contributed by atoms with E-state index < -0.39 is 11.9 Å². The second kappa shape index (κ2) is 11.7. The van der Waals surface area contributed by atoms with E-state index in [0.29, 0.717) is 36.4 Å². The van der Waals surface area contributed by atoms with Crippen LogP contribution in [-0.2, 0) is 11.3 Å². The Morgan fingerprint density at radius 2 is 1.94 bits per heavy atom. The topological polar surface area (TPSA) is 64.4 Å². The van der Waals surface area contributed by atoms with Gasteiger partial charge in [0, 0.05) is 19.2 Å². The summed E-state index contributed by atoms with van der Waals surface area (Å²) in [6.45, 7) is 5.16. The number of benzene rings is 2. The third kappa shape index (κ3) is 5.85. The number of fused-ring (bicyclic) bond motifs is 1. The van der Waals surface area contributed by atoms with Gasteiger partial charge in [0.15, 0.2) is 0 Å². The molecule has 3 aromatic rings. The maximum absolute atomic E-state index is 13.9. The lowest BCUT2D eigenvalue weighted by atomic mass is 10.1. The molecule has 0 aliphatic heterocycles. The van der Waals surface area contributed by atoms with Crippen LogP contribution in [0, 0.1) is 5.82 Å². The first-order chi connectivity index (χ1) is 16.0. The van der Waals surface area contributed by atoms with Crippen molar-refractivity contribution in [2.45, 2.75) is 52.1 Å². The van der Waals surface area contributed by atoms with Gasteiger partial charge in [0.25, 0.3) is 11.5 Å². The molecule has 3 rings (SSSR count). The zero-order chi connectivity index (χ0) is 23.8. The molecule has 0 N–H and O–H groups in total. The number of rotatable bonds is 11. The van der Waals surface area contributed by atoms with Gasteiger partial charge in [0.1, 0.15) is 11.6 Å². The summed E-state index contributed by atoms with van der Waals surface area (Å²) < 4.78 is 20.7. The van der Waals surface area contributed by atoms with Crippen molar-refractivity contribution in [1.29, 1.82) is 0 Å². The molecule has 0 saturated carbocycles. The summed E-state index contributed by atoms with van der Waals surface area (Å²) in [5, 5.41) is 0.524. The maximum atomic E-state index is 13.9. The molecule has 176 valence electrons. The third-order valence-electron chi connectivity index (χ3n) is 5.84. The van der Waals surface area contributed by atoms with Crippen LogP contribution in [0.5, 0.6) is 0 Å². The van der Waals surface area contributed by atoms with E-state index in [0.717, 1.165) is 25.7 Å². The van der Waals surface area contributed by atoms with Crippen LogP contribution in [0.25, 0.3) is 10.9 Å². The molecule has 1 heterocycles. The van der Waals surface area contributed by atoms with Gasteiger partial charge < -0.3 is 9.64 Å².